The molecule has 5 nitrogen and oxygen atoms in total. The fourth-order valence-electron chi connectivity index (χ4n) is 3.45. The molecule has 0 saturated heterocycles. The van der Waals surface area contributed by atoms with E-state index in [1.54, 1.807) is 29.6 Å². The Hall–Kier alpha value is -3.12. The van der Waals surface area contributed by atoms with Gasteiger partial charge >= 0.3 is 0 Å². The van der Waals surface area contributed by atoms with Crippen LogP contribution in [0.2, 0.25) is 0 Å². The molecule has 3 heterocycles. The summed E-state index contributed by atoms with van der Waals surface area (Å²) in [6.07, 6.45) is 1.49. The summed E-state index contributed by atoms with van der Waals surface area (Å²) in [7, 11) is 0. The molecule has 0 saturated carbocycles. The number of rotatable bonds is 4. The second kappa shape index (κ2) is 6.55. The van der Waals surface area contributed by atoms with Crippen LogP contribution in [0.1, 0.15) is 32.6 Å². The average Bonchev–Trinajstić information content (AvgIpc) is 3.35. The number of nitrogens with zero attached hydrogens (tertiary/aromatic N) is 1. The minimum atomic E-state index is -0.816. The van der Waals surface area contributed by atoms with Crippen LogP contribution in [0.25, 0.3) is 0 Å². The molecule has 27 heavy (non-hydrogen) atoms. The molecule has 1 amide bonds. The number of carbonyl (C=O) groups excluding carboxylic acids is 2. The number of anilines is 1. The summed E-state index contributed by atoms with van der Waals surface area (Å²) >= 11 is 1.27. The molecule has 0 radical (unpaired) electrons. The van der Waals surface area contributed by atoms with Crippen LogP contribution in [0, 0.1) is 13.8 Å². The molecule has 1 N–H and O–H groups in total. The lowest BCUT2D eigenvalue weighted by Gasteiger charge is -2.25. The number of hydrogen-bond donors (Lipinski definition) is 1. The Morgan fingerprint density at radius 2 is 1.89 bits per heavy atom. The number of furan rings is 1. The van der Waals surface area contributed by atoms with E-state index in [0.717, 1.165) is 11.1 Å². The van der Waals surface area contributed by atoms with Gasteiger partial charge in [0.25, 0.3) is 5.91 Å². The molecule has 1 atom stereocenters. The molecule has 136 valence electrons. The molecule has 0 spiro atoms. The fraction of sp³-hybridized carbons (Fsp3) is 0.143. The minimum absolute atomic E-state index is 0.0385. The lowest BCUT2D eigenvalue weighted by Crippen LogP contribution is -2.30. The van der Waals surface area contributed by atoms with Crippen molar-refractivity contribution in [3.8, 4) is 0 Å². The summed E-state index contributed by atoms with van der Waals surface area (Å²) in [5.41, 5.74) is 2.61. The Morgan fingerprint density at radius 1 is 1.15 bits per heavy atom. The standard InChI is InChI=1S/C21H17NO4S/c1-12-9-13(2)11-14(10-12)22-18(15-5-3-7-26-15)17(20(24)21(22)25)19(23)16-6-4-8-27-16/h3-11,18,24H,1-2H3. The Bertz CT molecular complexity index is 1030. The molecule has 6 heteroatoms. The van der Waals surface area contributed by atoms with Gasteiger partial charge in [-0.3, -0.25) is 14.5 Å². The fourth-order valence-corrected chi connectivity index (χ4v) is 4.13. The zero-order valence-electron chi connectivity index (χ0n) is 14.8. The molecule has 3 aromatic rings. The Kier molecular flexibility index (Phi) is 4.20. The third-order valence-corrected chi connectivity index (χ3v) is 5.36. The number of aliphatic hydroxyl groups excluding tert-OH is 1. The normalized spacial score (nSPS) is 17.0. The summed E-state index contributed by atoms with van der Waals surface area (Å²) in [4.78, 5) is 27.9. The Labute approximate surface area is 160 Å². The molecule has 0 bridgehead atoms. The second-order valence-electron chi connectivity index (χ2n) is 6.51. The van der Waals surface area contributed by atoms with E-state index < -0.39 is 17.7 Å². The molecule has 1 aliphatic rings. The monoisotopic (exact) mass is 379 g/mol. The first-order valence-electron chi connectivity index (χ1n) is 8.44. The summed E-state index contributed by atoms with van der Waals surface area (Å²) in [6, 6.07) is 11.7. The van der Waals surface area contributed by atoms with Crippen molar-refractivity contribution in [3.05, 3.63) is 87.2 Å². The highest BCUT2D eigenvalue weighted by Gasteiger charge is 2.46. The van der Waals surface area contributed by atoms with Crippen LogP contribution < -0.4 is 4.90 Å². The molecule has 1 aromatic carbocycles. The maximum atomic E-state index is 13.1. The van der Waals surface area contributed by atoms with E-state index in [-0.39, 0.29) is 11.4 Å². The first-order chi connectivity index (χ1) is 13.0. The number of carbonyl (C=O) groups is 2. The van der Waals surface area contributed by atoms with Gasteiger partial charge in [-0.1, -0.05) is 12.1 Å². The van der Waals surface area contributed by atoms with Crippen molar-refractivity contribution in [2.75, 3.05) is 4.90 Å². The maximum Gasteiger partial charge on any atom is 0.294 e. The van der Waals surface area contributed by atoms with Crippen LogP contribution in [0.5, 0.6) is 0 Å². The highest BCUT2D eigenvalue weighted by atomic mass is 32.1. The predicted octanol–water partition coefficient (Wildman–Crippen LogP) is 4.74. The van der Waals surface area contributed by atoms with Crippen molar-refractivity contribution in [2.45, 2.75) is 19.9 Å². The number of aryl methyl sites for hydroxylation is 2. The van der Waals surface area contributed by atoms with Gasteiger partial charge in [-0.15, -0.1) is 11.3 Å². The number of ketones is 1. The SMILES string of the molecule is Cc1cc(C)cc(N2C(=O)C(O)=C(C(=O)c3cccs3)C2c2ccco2)c1. The first-order valence-corrected chi connectivity index (χ1v) is 9.32. The zero-order chi connectivity index (χ0) is 19.1. The van der Waals surface area contributed by atoms with E-state index in [0.29, 0.717) is 16.3 Å². The van der Waals surface area contributed by atoms with E-state index in [2.05, 4.69) is 0 Å². The molecule has 0 fully saturated rings. The van der Waals surface area contributed by atoms with Crippen LogP contribution in [0.4, 0.5) is 5.69 Å². The van der Waals surface area contributed by atoms with Gasteiger partial charge in [0.2, 0.25) is 5.78 Å². The van der Waals surface area contributed by atoms with Gasteiger partial charge in [0, 0.05) is 5.69 Å². The first kappa shape index (κ1) is 17.3. The maximum absolute atomic E-state index is 13.1. The Morgan fingerprint density at radius 3 is 2.48 bits per heavy atom. The molecular formula is C21H17NO4S. The van der Waals surface area contributed by atoms with Crippen molar-refractivity contribution in [1.82, 2.24) is 0 Å². The van der Waals surface area contributed by atoms with Crippen molar-refractivity contribution in [1.29, 1.82) is 0 Å². The second-order valence-corrected chi connectivity index (χ2v) is 7.46. The summed E-state index contributed by atoms with van der Waals surface area (Å²) in [5, 5.41) is 12.4. The summed E-state index contributed by atoms with van der Waals surface area (Å²) in [5.74, 6) is -1.09. The molecule has 1 unspecified atom stereocenters. The number of aliphatic hydroxyl groups is 1. The van der Waals surface area contributed by atoms with E-state index >= 15 is 0 Å². The van der Waals surface area contributed by atoms with Gasteiger partial charge < -0.3 is 9.52 Å². The van der Waals surface area contributed by atoms with Gasteiger partial charge in [-0.05, 0) is 60.7 Å². The van der Waals surface area contributed by atoms with Crippen LogP contribution in [0.3, 0.4) is 0 Å². The van der Waals surface area contributed by atoms with Gasteiger partial charge in [0.05, 0.1) is 16.7 Å². The van der Waals surface area contributed by atoms with Gasteiger partial charge in [0.1, 0.15) is 11.8 Å². The van der Waals surface area contributed by atoms with Crippen molar-refractivity contribution in [3.63, 3.8) is 0 Å². The molecule has 0 aliphatic carbocycles. The van der Waals surface area contributed by atoms with E-state index in [1.165, 1.54) is 22.5 Å². The highest BCUT2D eigenvalue weighted by Crippen LogP contribution is 2.42. The van der Waals surface area contributed by atoms with Gasteiger partial charge in [-0.25, -0.2) is 0 Å². The molecule has 4 rings (SSSR count). The number of Topliss-reactive ketones (excluding diaryl/α,β-unsaturated/α-hetero) is 1. The van der Waals surface area contributed by atoms with Crippen LogP contribution in [-0.4, -0.2) is 16.8 Å². The topological polar surface area (TPSA) is 70.8 Å². The van der Waals surface area contributed by atoms with Crippen molar-refractivity contribution >= 4 is 28.7 Å². The largest absolute Gasteiger partial charge is 0.503 e. The lowest BCUT2D eigenvalue weighted by atomic mass is 9.99. The van der Waals surface area contributed by atoms with Crippen molar-refractivity contribution in [2.24, 2.45) is 0 Å². The number of benzene rings is 1. The van der Waals surface area contributed by atoms with E-state index in [9.17, 15) is 14.7 Å². The summed E-state index contributed by atoms with van der Waals surface area (Å²) < 4.78 is 5.54. The minimum Gasteiger partial charge on any atom is -0.503 e. The number of amides is 1. The molecular weight excluding hydrogens is 362 g/mol. The van der Waals surface area contributed by atoms with Crippen LogP contribution >= 0.6 is 11.3 Å². The molecule has 1 aliphatic heterocycles. The van der Waals surface area contributed by atoms with Crippen molar-refractivity contribution < 1.29 is 19.1 Å². The lowest BCUT2D eigenvalue weighted by molar-refractivity contribution is -0.117. The smallest absolute Gasteiger partial charge is 0.294 e. The average molecular weight is 379 g/mol. The van der Waals surface area contributed by atoms with Gasteiger partial charge in [0.15, 0.2) is 5.76 Å². The zero-order valence-corrected chi connectivity index (χ0v) is 15.6. The van der Waals surface area contributed by atoms with Crippen LogP contribution in [-0.2, 0) is 4.79 Å². The van der Waals surface area contributed by atoms with E-state index in [4.69, 9.17) is 4.42 Å². The number of thiophene rings is 1. The highest BCUT2D eigenvalue weighted by molar-refractivity contribution is 7.12. The third kappa shape index (κ3) is 2.88. The van der Waals surface area contributed by atoms with E-state index in [1.807, 2.05) is 32.0 Å². The third-order valence-electron chi connectivity index (χ3n) is 4.50. The van der Waals surface area contributed by atoms with Gasteiger partial charge in [-0.2, -0.15) is 0 Å². The quantitative estimate of drug-likeness (QED) is 0.665. The summed E-state index contributed by atoms with van der Waals surface area (Å²) in [6.45, 7) is 3.87. The predicted molar refractivity (Wildman–Crippen MR) is 103 cm³/mol. The number of hydrogen-bond acceptors (Lipinski definition) is 5. The molecule has 2 aromatic heterocycles. The Balaban J connectivity index is 1.88. The van der Waals surface area contributed by atoms with Crippen LogP contribution in [0.15, 0.2) is 69.9 Å².